The third-order valence-electron chi connectivity index (χ3n) is 2.94. The van der Waals surface area contributed by atoms with Crippen LogP contribution in [-0.4, -0.2) is 37.4 Å². The molecule has 1 heterocycles. The first-order valence-corrected chi connectivity index (χ1v) is 5.96. The number of ether oxygens (including phenoxy) is 2. The van der Waals surface area contributed by atoms with Crippen molar-refractivity contribution < 1.29 is 19.4 Å². The molecule has 1 aliphatic heterocycles. The van der Waals surface area contributed by atoms with Crippen LogP contribution in [-0.2, 0) is 4.74 Å². The maximum absolute atomic E-state index is 12.0. The van der Waals surface area contributed by atoms with Crippen LogP contribution >= 0.6 is 0 Å². The lowest BCUT2D eigenvalue weighted by molar-refractivity contribution is 0.0623. The molecule has 1 aromatic carbocycles. The molecular formula is C13H17NO4. The molecule has 0 radical (unpaired) electrons. The number of phenolic OH excluding ortho intramolecular Hbond substituents is 1. The van der Waals surface area contributed by atoms with E-state index in [4.69, 9.17) is 9.47 Å². The minimum Gasteiger partial charge on any atom is -0.507 e. The van der Waals surface area contributed by atoms with E-state index < -0.39 is 0 Å². The largest absolute Gasteiger partial charge is 0.507 e. The second-order valence-electron chi connectivity index (χ2n) is 4.27. The third kappa shape index (κ3) is 2.92. The Morgan fingerprint density at radius 2 is 2.39 bits per heavy atom. The summed E-state index contributed by atoms with van der Waals surface area (Å²) in [5.74, 6) is 0.185. The summed E-state index contributed by atoms with van der Waals surface area (Å²) in [4.78, 5) is 12.0. The second kappa shape index (κ2) is 5.73. The average Bonchev–Trinajstić information content (AvgIpc) is 2.40. The molecule has 1 atom stereocenters. The minimum atomic E-state index is -0.304. The van der Waals surface area contributed by atoms with E-state index in [1.807, 2.05) is 0 Å². The second-order valence-corrected chi connectivity index (χ2v) is 4.27. The molecule has 2 rings (SSSR count). The molecule has 1 unspecified atom stereocenters. The molecule has 1 aliphatic rings. The van der Waals surface area contributed by atoms with Gasteiger partial charge >= 0.3 is 0 Å². The Labute approximate surface area is 106 Å². The number of amides is 1. The van der Waals surface area contributed by atoms with Crippen LogP contribution in [0.4, 0.5) is 0 Å². The molecule has 5 nitrogen and oxygen atoms in total. The van der Waals surface area contributed by atoms with Crippen LogP contribution in [0.5, 0.6) is 11.5 Å². The minimum absolute atomic E-state index is 0.0110. The summed E-state index contributed by atoms with van der Waals surface area (Å²) in [5, 5.41) is 12.5. The van der Waals surface area contributed by atoms with E-state index in [0.717, 1.165) is 19.4 Å². The summed E-state index contributed by atoms with van der Waals surface area (Å²) in [5.41, 5.74) is 0.222. The van der Waals surface area contributed by atoms with Gasteiger partial charge in [0.15, 0.2) is 0 Å². The maximum atomic E-state index is 12.0. The molecule has 0 aromatic heterocycles. The zero-order valence-electron chi connectivity index (χ0n) is 10.3. The zero-order chi connectivity index (χ0) is 13.0. The molecule has 0 aliphatic carbocycles. The van der Waals surface area contributed by atoms with E-state index in [1.54, 1.807) is 6.07 Å². The van der Waals surface area contributed by atoms with Gasteiger partial charge in [0, 0.05) is 6.61 Å². The monoisotopic (exact) mass is 251 g/mol. The topological polar surface area (TPSA) is 67.8 Å². The number of hydrogen-bond donors (Lipinski definition) is 2. The molecule has 2 N–H and O–H groups in total. The number of carbonyl (C=O) groups excluding carboxylic acids is 1. The van der Waals surface area contributed by atoms with Crippen molar-refractivity contribution in [3.05, 3.63) is 23.8 Å². The van der Waals surface area contributed by atoms with Gasteiger partial charge in [0.1, 0.15) is 11.5 Å². The number of carbonyl (C=O) groups is 1. The Bertz CT molecular complexity index is 427. The van der Waals surface area contributed by atoms with Gasteiger partial charge in [-0.25, -0.2) is 0 Å². The standard InChI is InChI=1S/C13H17NO4/c1-17-10-4-5-12(15)11(7-10)13(16)14-9-3-2-6-18-8-9/h4-5,7,9,15H,2-3,6,8H2,1H3,(H,14,16). The van der Waals surface area contributed by atoms with Crippen LogP contribution in [0.1, 0.15) is 23.2 Å². The first-order valence-electron chi connectivity index (χ1n) is 5.96. The molecule has 0 bridgehead atoms. The van der Waals surface area contributed by atoms with Crippen molar-refractivity contribution in [1.82, 2.24) is 5.32 Å². The highest BCUT2D eigenvalue weighted by Crippen LogP contribution is 2.23. The van der Waals surface area contributed by atoms with Gasteiger partial charge < -0.3 is 19.9 Å². The molecule has 18 heavy (non-hydrogen) atoms. The summed E-state index contributed by atoms with van der Waals surface area (Å²) < 4.78 is 10.3. The van der Waals surface area contributed by atoms with Gasteiger partial charge in [-0.2, -0.15) is 0 Å². The van der Waals surface area contributed by atoms with Crippen molar-refractivity contribution in [2.24, 2.45) is 0 Å². The first-order chi connectivity index (χ1) is 8.70. The number of hydrogen-bond acceptors (Lipinski definition) is 4. The number of phenols is 1. The number of benzene rings is 1. The highest BCUT2D eigenvalue weighted by atomic mass is 16.5. The molecular weight excluding hydrogens is 234 g/mol. The normalized spacial score (nSPS) is 19.3. The van der Waals surface area contributed by atoms with Crippen molar-refractivity contribution in [3.63, 3.8) is 0 Å². The zero-order valence-corrected chi connectivity index (χ0v) is 10.3. The van der Waals surface area contributed by atoms with Crippen molar-refractivity contribution in [2.45, 2.75) is 18.9 Å². The molecule has 1 aromatic rings. The van der Waals surface area contributed by atoms with Gasteiger partial charge in [0.2, 0.25) is 0 Å². The molecule has 5 heteroatoms. The predicted octanol–water partition coefficient (Wildman–Crippen LogP) is 1.31. The fraction of sp³-hybridized carbons (Fsp3) is 0.462. The maximum Gasteiger partial charge on any atom is 0.255 e. The van der Waals surface area contributed by atoms with E-state index in [1.165, 1.54) is 19.2 Å². The van der Waals surface area contributed by atoms with E-state index in [0.29, 0.717) is 12.4 Å². The van der Waals surface area contributed by atoms with Crippen LogP contribution in [0.3, 0.4) is 0 Å². The van der Waals surface area contributed by atoms with Crippen molar-refractivity contribution in [1.29, 1.82) is 0 Å². The fourth-order valence-corrected chi connectivity index (χ4v) is 1.94. The molecule has 1 fully saturated rings. The number of aromatic hydroxyl groups is 1. The van der Waals surface area contributed by atoms with Crippen LogP contribution in [0.25, 0.3) is 0 Å². The Kier molecular flexibility index (Phi) is 4.04. The molecule has 98 valence electrons. The number of nitrogens with one attached hydrogen (secondary N) is 1. The SMILES string of the molecule is COc1ccc(O)c(C(=O)NC2CCCOC2)c1. The van der Waals surface area contributed by atoms with E-state index in [9.17, 15) is 9.90 Å². The smallest absolute Gasteiger partial charge is 0.255 e. The molecule has 1 saturated heterocycles. The number of rotatable bonds is 3. The highest BCUT2D eigenvalue weighted by Gasteiger charge is 2.19. The van der Waals surface area contributed by atoms with Crippen molar-refractivity contribution >= 4 is 5.91 Å². The summed E-state index contributed by atoms with van der Waals surface area (Å²) >= 11 is 0. The van der Waals surface area contributed by atoms with Gasteiger partial charge in [0.25, 0.3) is 5.91 Å². The lowest BCUT2D eigenvalue weighted by atomic mass is 10.1. The summed E-state index contributed by atoms with van der Waals surface area (Å²) in [6.45, 7) is 1.27. The Balaban J connectivity index is 2.07. The van der Waals surface area contributed by atoms with Gasteiger partial charge in [-0.05, 0) is 31.0 Å². The highest BCUT2D eigenvalue weighted by molar-refractivity contribution is 5.97. The van der Waals surface area contributed by atoms with E-state index >= 15 is 0 Å². The summed E-state index contributed by atoms with van der Waals surface area (Å²) in [6, 6.07) is 4.59. The first kappa shape index (κ1) is 12.7. The molecule has 0 saturated carbocycles. The Hall–Kier alpha value is -1.75. The van der Waals surface area contributed by atoms with E-state index in [2.05, 4.69) is 5.32 Å². The summed E-state index contributed by atoms with van der Waals surface area (Å²) in [6.07, 6.45) is 1.84. The van der Waals surface area contributed by atoms with Gasteiger partial charge in [0.05, 0.1) is 25.3 Å². The number of methoxy groups -OCH3 is 1. The fourth-order valence-electron chi connectivity index (χ4n) is 1.94. The molecule has 0 spiro atoms. The third-order valence-corrected chi connectivity index (χ3v) is 2.94. The van der Waals surface area contributed by atoms with Gasteiger partial charge in [-0.1, -0.05) is 0 Å². The quantitative estimate of drug-likeness (QED) is 0.850. The molecule has 1 amide bonds. The summed E-state index contributed by atoms with van der Waals surface area (Å²) in [7, 11) is 1.52. The Morgan fingerprint density at radius 3 is 3.06 bits per heavy atom. The van der Waals surface area contributed by atoms with Crippen molar-refractivity contribution in [2.75, 3.05) is 20.3 Å². The van der Waals surface area contributed by atoms with Crippen LogP contribution in [0.2, 0.25) is 0 Å². The average molecular weight is 251 g/mol. The lowest BCUT2D eigenvalue weighted by Crippen LogP contribution is -2.40. The van der Waals surface area contributed by atoms with Crippen LogP contribution < -0.4 is 10.1 Å². The van der Waals surface area contributed by atoms with E-state index in [-0.39, 0.29) is 23.3 Å². The van der Waals surface area contributed by atoms with Gasteiger partial charge in [-0.3, -0.25) is 4.79 Å². The van der Waals surface area contributed by atoms with Gasteiger partial charge in [-0.15, -0.1) is 0 Å². The van der Waals surface area contributed by atoms with Crippen LogP contribution in [0, 0.1) is 0 Å². The van der Waals surface area contributed by atoms with Crippen LogP contribution in [0.15, 0.2) is 18.2 Å². The van der Waals surface area contributed by atoms with Crippen molar-refractivity contribution in [3.8, 4) is 11.5 Å². The predicted molar refractivity (Wildman–Crippen MR) is 66.0 cm³/mol. The lowest BCUT2D eigenvalue weighted by Gasteiger charge is -2.23. The Morgan fingerprint density at radius 1 is 1.56 bits per heavy atom.